The van der Waals surface area contributed by atoms with Gasteiger partial charge in [0.1, 0.15) is 6.04 Å². The molecule has 188 valence electrons. The molecule has 3 aromatic rings. The van der Waals surface area contributed by atoms with Crippen LogP contribution < -0.4 is 5.73 Å². The predicted octanol–water partition coefficient (Wildman–Crippen LogP) is 5.06. The van der Waals surface area contributed by atoms with E-state index in [1.165, 1.54) is 16.2 Å². The second kappa shape index (κ2) is 11.5. The molecule has 7 nitrogen and oxygen atoms in total. The Morgan fingerprint density at radius 2 is 1.69 bits per heavy atom. The lowest BCUT2D eigenvalue weighted by atomic mass is 9.89. The minimum atomic E-state index is -1.26. The largest absolute Gasteiger partial charge is 0.480 e. The fraction of sp³-hybridized carbons (Fsp3) is 0.259. The fourth-order valence-corrected chi connectivity index (χ4v) is 5.11. The molecule has 2 aromatic carbocycles. The molecule has 3 N–H and O–H groups in total. The van der Waals surface area contributed by atoms with Crippen LogP contribution in [0.25, 0.3) is 10.4 Å². The Balaban J connectivity index is 1.98. The summed E-state index contributed by atoms with van der Waals surface area (Å²) in [5.74, 6) is -2.33. The number of carboxylic acids is 1. The normalized spacial score (nSPS) is 12.1. The molecule has 3 rings (SSSR count). The van der Waals surface area contributed by atoms with E-state index in [1.54, 1.807) is 56.3 Å². The molecular formula is C27H27ClN2O5S. The molecule has 0 saturated heterocycles. The highest BCUT2D eigenvalue weighted by Crippen LogP contribution is 2.31. The van der Waals surface area contributed by atoms with Crippen LogP contribution in [0.3, 0.4) is 0 Å². The summed E-state index contributed by atoms with van der Waals surface area (Å²) in [5, 5.41) is 10.6. The quantitative estimate of drug-likeness (QED) is 0.338. The van der Waals surface area contributed by atoms with E-state index in [0.717, 1.165) is 22.3 Å². The van der Waals surface area contributed by atoms with Crippen molar-refractivity contribution < 1.29 is 24.3 Å². The molecule has 0 unspecified atom stereocenters. The van der Waals surface area contributed by atoms with Gasteiger partial charge in [0.15, 0.2) is 6.29 Å². The van der Waals surface area contributed by atoms with E-state index in [2.05, 4.69) is 0 Å². The van der Waals surface area contributed by atoms with Crippen molar-refractivity contribution >= 4 is 47.0 Å². The zero-order valence-corrected chi connectivity index (χ0v) is 21.5. The van der Waals surface area contributed by atoms with Crippen LogP contribution in [0.5, 0.6) is 0 Å². The third-order valence-electron chi connectivity index (χ3n) is 5.84. The molecule has 0 saturated carbocycles. The average molecular weight is 527 g/mol. The van der Waals surface area contributed by atoms with Crippen molar-refractivity contribution in [2.24, 2.45) is 5.73 Å². The van der Waals surface area contributed by atoms with Gasteiger partial charge in [-0.15, -0.1) is 11.3 Å². The SMILES string of the molecule is CC(C)(Cc1ccc(Cl)cc1)N(C(=O)c1ccc(-c2ccc(C=O)s2)cc1)[C@@H](CCC(N)=O)C(=O)O. The van der Waals surface area contributed by atoms with Crippen molar-refractivity contribution in [3.05, 3.63) is 81.7 Å². The van der Waals surface area contributed by atoms with E-state index in [9.17, 15) is 24.3 Å². The van der Waals surface area contributed by atoms with Crippen molar-refractivity contribution in [3.63, 3.8) is 0 Å². The summed E-state index contributed by atoms with van der Waals surface area (Å²) in [6.07, 6.45) is 0.860. The molecule has 0 aliphatic rings. The van der Waals surface area contributed by atoms with Crippen LogP contribution in [-0.4, -0.2) is 45.7 Å². The maximum Gasteiger partial charge on any atom is 0.326 e. The van der Waals surface area contributed by atoms with Crippen molar-refractivity contribution in [1.29, 1.82) is 0 Å². The summed E-state index contributed by atoms with van der Waals surface area (Å²) < 4.78 is 0. The molecule has 0 aliphatic heterocycles. The van der Waals surface area contributed by atoms with Crippen LogP contribution in [0.2, 0.25) is 5.02 Å². The Hall–Kier alpha value is -3.49. The number of carbonyl (C=O) groups excluding carboxylic acids is 3. The summed E-state index contributed by atoms with van der Waals surface area (Å²) in [6, 6.07) is 16.2. The predicted molar refractivity (Wildman–Crippen MR) is 140 cm³/mol. The number of nitrogens with zero attached hydrogens (tertiary/aromatic N) is 1. The number of benzene rings is 2. The maximum atomic E-state index is 13.8. The molecule has 1 aromatic heterocycles. The van der Waals surface area contributed by atoms with Gasteiger partial charge in [-0.3, -0.25) is 14.4 Å². The smallest absolute Gasteiger partial charge is 0.326 e. The van der Waals surface area contributed by atoms with Crippen molar-refractivity contribution in [2.75, 3.05) is 0 Å². The van der Waals surface area contributed by atoms with Crippen LogP contribution in [0.4, 0.5) is 0 Å². The third kappa shape index (κ3) is 6.59. The first-order chi connectivity index (χ1) is 17.0. The number of amides is 2. The number of aliphatic carboxylic acids is 1. The first kappa shape index (κ1) is 27.1. The van der Waals surface area contributed by atoms with Gasteiger partial charge < -0.3 is 15.7 Å². The van der Waals surface area contributed by atoms with Gasteiger partial charge in [-0.1, -0.05) is 35.9 Å². The number of halogens is 1. The first-order valence-electron chi connectivity index (χ1n) is 11.3. The van der Waals surface area contributed by atoms with Crippen molar-refractivity contribution in [3.8, 4) is 10.4 Å². The summed E-state index contributed by atoms with van der Waals surface area (Å²) in [5.41, 5.74) is 6.37. The highest BCUT2D eigenvalue weighted by Gasteiger charge is 2.40. The topological polar surface area (TPSA) is 118 Å². The molecule has 1 heterocycles. The molecule has 2 amide bonds. The van der Waals surface area contributed by atoms with Crippen molar-refractivity contribution in [2.45, 2.75) is 44.7 Å². The van der Waals surface area contributed by atoms with E-state index in [1.807, 2.05) is 18.2 Å². The number of thiophene rings is 1. The Bertz CT molecular complexity index is 1250. The van der Waals surface area contributed by atoms with Gasteiger partial charge in [0.05, 0.1) is 4.88 Å². The monoisotopic (exact) mass is 526 g/mol. The number of hydrogen-bond donors (Lipinski definition) is 2. The van der Waals surface area contributed by atoms with Gasteiger partial charge in [-0.25, -0.2) is 4.79 Å². The number of carbonyl (C=O) groups is 4. The van der Waals surface area contributed by atoms with E-state index in [0.29, 0.717) is 21.9 Å². The summed E-state index contributed by atoms with van der Waals surface area (Å²) in [4.78, 5) is 51.4. The Kier molecular flexibility index (Phi) is 8.66. The van der Waals surface area contributed by atoms with Crippen LogP contribution in [0.1, 0.15) is 52.3 Å². The van der Waals surface area contributed by atoms with Gasteiger partial charge in [-0.2, -0.15) is 0 Å². The number of rotatable bonds is 11. The number of primary amides is 1. The van der Waals surface area contributed by atoms with Crippen LogP contribution >= 0.6 is 22.9 Å². The lowest BCUT2D eigenvalue weighted by Gasteiger charge is -2.42. The molecule has 0 fully saturated rings. The molecule has 9 heteroatoms. The molecule has 0 radical (unpaired) electrons. The Labute approximate surface area is 218 Å². The fourth-order valence-electron chi connectivity index (χ4n) is 4.15. The number of carboxylic acid groups (broad SMARTS) is 1. The summed E-state index contributed by atoms with van der Waals surface area (Å²) in [6.45, 7) is 3.58. The molecule has 0 aliphatic carbocycles. The zero-order chi connectivity index (χ0) is 26.5. The molecule has 1 atom stereocenters. The zero-order valence-electron chi connectivity index (χ0n) is 19.9. The molecular weight excluding hydrogens is 500 g/mol. The summed E-state index contributed by atoms with van der Waals surface area (Å²) in [7, 11) is 0. The minimum absolute atomic E-state index is 0.109. The maximum absolute atomic E-state index is 13.8. The number of nitrogens with two attached hydrogens (primary N) is 1. The molecule has 0 bridgehead atoms. The number of hydrogen-bond acceptors (Lipinski definition) is 5. The lowest BCUT2D eigenvalue weighted by molar-refractivity contribution is -0.144. The standard InChI is InChI=1S/C27H27ClN2O5S/c1-27(2,15-17-3-9-20(28)10-4-17)30(22(26(34)35)12-14-24(29)32)25(33)19-7-5-18(6-8-19)23-13-11-21(16-31)36-23/h3-11,13,16,22H,12,14-15H2,1-2H3,(H2,29,32)(H,34,35)/t22-/m0/s1. The van der Waals surface area contributed by atoms with Crippen LogP contribution in [0, 0.1) is 0 Å². The van der Waals surface area contributed by atoms with Gasteiger partial charge in [-0.05, 0) is 74.2 Å². The van der Waals surface area contributed by atoms with E-state index < -0.39 is 29.4 Å². The first-order valence-corrected chi connectivity index (χ1v) is 12.5. The average Bonchev–Trinajstić information content (AvgIpc) is 3.31. The lowest BCUT2D eigenvalue weighted by Crippen LogP contribution is -2.57. The highest BCUT2D eigenvalue weighted by atomic mass is 35.5. The van der Waals surface area contributed by atoms with Gasteiger partial charge in [0.25, 0.3) is 5.91 Å². The summed E-state index contributed by atoms with van der Waals surface area (Å²) >= 11 is 7.34. The minimum Gasteiger partial charge on any atom is -0.480 e. The van der Waals surface area contributed by atoms with Crippen LogP contribution in [-0.2, 0) is 16.0 Å². The third-order valence-corrected chi connectivity index (χ3v) is 7.15. The van der Waals surface area contributed by atoms with E-state index in [4.69, 9.17) is 17.3 Å². The molecule has 36 heavy (non-hydrogen) atoms. The van der Waals surface area contributed by atoms with Gasteiger partial charge in [0.2, 0.25) is 5.91 Å². The number of aldehydes is 1. The second-order valence-electron chi connectivity index (χ2n) is 9.05. The van der Waals surface area contributed by atoms with Crippen LogP contribution in [0.15, 0.2) is 60.7 Å². The van der Waals surface area contributed by atoms with Crippen molar-refractivity contribution in [1.82, 2.24) is 4.90 Å². The van der Waals surface area contributed by atoms with E-state index >= 15 is 0 Å². The Morgan fingerprint density at radius 3 is 2.22 bits per heavy atom. The second-order valence-corrected chi connectivity index (χ2v) is 10.6. The van der Waals surface area contributed by atoms with Gasteiger partial charge >= 0.3 is 5.97 Å². The van der Waals surface area contributed by atoms with E-state index in [-0.39, 0.29) is 12.8 Å². The molecule has 0 spiro atoms. The highest BCUT2D eigenvalue weighted by molar-refractivity contribution is 7.17. The Morgan fingerprint density at radius 1 is 1.06 bits per heavy atom. The van der Waals surface area contributed by atoms with Gasteiger partial charge in [0, 0.05) is 27.4 Å².